The first-order chi connectivity index (χ1) is 9.20. The number of hydrogen-bond acceptors (Lipinski definition) is 3. The van der Waals surface area contributed by atoms with E-state index >= 15 is 0 Å². The number of alkyl halides is 1. The fourth-order valence-electron chi connectivity index (χ4n) is 1.87. The highest BCUT2D eigenvalue weighted by Crippen LogP contribution is 2.30. The number of fused-ring (bicyclic) bond motifs is 1. The van der Waals surface area contributed by atoms with Gasteiger partial charge in [-0.05, 0) is 30.5 Å². The molecule has 1 N–H and O–H groups in total. The monoisotopic (exact) mass is 327 g/mol. The van der Waals surface area contributed by atoms with Crippen LogP contribution in [0.2, 0.25) is 0 Å². The van der Waals surface area contributed by atoms with Crippen LogP contribution in [0.4, 0.5) is 0 Å². The average Bonchev–Trinajstić information content (AvgIpc) is 2.46. The zero-order valence-electron chi connectivity index (χ0n) is 10.9. The van der Waals surface area contributed by atoms with Gasteiger partial charge in [0.15, 0.2) is 11.5 Å². The molecular weight excluding hydrogens is 310 g/mol. The summed E-state index contributed by atoms with van der Waals surface area (Å²) in [7, 11) is 0. The molecule has 1 aromatic carbocycles. The maximum atomic E-state index is 11.6. The summed E-state index contributed by atoms with van der Waals surface area (Å²) in [5.41, 5.74) is 1.13. The third kappa shape index (κ3) is 3.86. The van der Waals surface area contributed by atoms with Crippen LogP contribution >= 0.6 is 15.9 Å². The van der Waals surface area contributed by atoms with Crippen molar-refractivity contribution in [1.29, 1.82) is 0 Å². The summed E-state index contributed by atoms with van der Waals surface area (Å²) in [6.45, 7) is 3.79. The Bertz CT molecular complexity index is 450. The zero-order valence-corrected chi connectivity index (χ0v) is 12.5. The van der Waals surface area contributed by atoms with E-state index in [1.165, 1.54) is 0 Å². The predicted octanol–water partition coefficient (Wildman–Crippen LogP) is 2.29. The molecular formula is C14H18BrNO3. The summed E-state index contributed by atoms with van der Waals surface area (Å²) in [6, 6.07) is 5.90. The van der Waals surface area contributed by atoms with E-state index in [-0.39, 0.29) is 10.7 Å². The van der Waals surface area contributed by atoms with Gasteiger partial charge in [0.25, 0.3) is 0 Å². The van der Waals surface area contributed by atoms with Crippen LogP contribution in [0.5, 0.6) is 11.5 Å². The minimum Gasteiger partial charge on any atom is -0.486 e. The molecule has 1 aliphatic heterocycles. The highest BCUT2D eigenvalue weighted by Gasteiger charge is 2.13. The molecule has 1 amide bonds. The van der Waals surface area contributed by atoms with Crippen LogP contribution in [-0.4, -0.2) is 30.5 Å². The molecule has 0 aromatic heterocycles. The lowest BCUT2D eigenvalue weighted by Crippen LogP contribution is -2.32. The molecule has 1 unspecified atom stereocenters. The van der Waals surface area contributed by atoms with E-state index in [0.717, 1.165) is 29.9 Å². The first kappa shape index (κ1) is 14.2. The van der Waals surface area contributed by atoms with E-state index < -0.39 is 0 Å². The second-order valence-electron chi connectivity index (χ2n) is 4.39. The third-order valence-corrected chi connectivity index (χ3v) is 4.03. The van der Waals surface area contributed by atoms with Crippen molar-refractivity contribution in [3.8, 4) is 11.5 Å². The summed E-state index contributed by atoms with van der Waals surface area (Å²) >= 11 is 3.33. The highest BCUT2D eigenvalue weighted by atomic mass is 79.9. The Kier molecular flexibility index (Phi) is 5.07. The molecule has 0 bridgehead atoms. The molecule has 0 saturated carbocycles. The van der Waals surface area contributed by atoms with E-state index in [2.05, 4.69) is 21.2 Å². The van der Waals surface area contributed by atoms with Crippen LogP contribution in [0.25, 0.3) is 0 Å². The number of hydrogen-bond donors (Lipinski definition) is 1. The van der Waals surface area contributed by atoms with Gasteiger partial charge in [0.2, 0.25) is 5.91 Å². The van der Waals surface area contributed by atoms with Gasteiger partial charge in [-0.1, -0.05) is 28.9 Å². The Morgan fingerprint density at radius 1 is 1.37 bits per heavy atom. The molecule has 0 aliphatic carbocycles. The SMILES string of the molecule is CCC(Br)C(=O)NCCc1ccc2c(c1)OCCO2. The Balaban J connectivity index is 1.85. The topological polar surface area (TPSA) is 47.6 Å². The van der Waals surface area contributed by atoms with Crippen molar-refractivity contribution in [2.45, 2.75) is 24.6 Å². The minimum atomic E-state index is -0.104. The normalized spacial score (nSPS) is 14.8. The van der Waals surface area contributed by atoms with Gasteiger partial charge in [-0.15, -0.1) is 0 Å². The van der Waals surface area contributed by atoms with E-state index in [1.54, 1.807) is 0 Å². The van der Waals surface area contributed by atoms with Crippen LogP contribution in [-0.2, 0) is 11.2 Å². The van der Waals surface area contributed by atoms with Crippen molar-refractivity contribution >= 4 is 21.8 Å². The summed E-state index contributed by atoms with van der Waals surface area (Å²) in [4.78, 5) is 11.5. The van der Waals surface area contributed by atoms with Crippen LogP contribution < -0.4 is 14.8 Å². The number of amides is 1. The minimum absolute atomic E-state index is 0.0417. The Hall–Kier alpha value is -1.23. The lowest BCUT2D eigenvalue weighted by atomic mass is 10.1. The van der Waals surface area contributed by atoms with Crippen LogP contribution in [0, 0.1) is 0 Å². The summed E-state index contributed by atoms with van der Waals surface area (Å²) in [5.74, 6) is 1.63. The average molecular weight is 328 g/mol. The maximum absolute atomic E-state index is 11.6. The first-order valence-corrected chi connectivity index (χ1v) is 7.42. The quantitative estimate of drug-likeness (QED) is 0.844. The van der Waals surface area contributed by atoms with E-state index in [0.29, 0.717) is 19.8 Å². The predicted molar refractivity (Wildman–Crippen MR) is 77.2 cm³/mol. The largest absolute Gasteiger partial charge is 0.486 e. The van der Waals surface area contributed by atoms with Gasteiger partial charge in [0.1, 0.15) is 13.2 Å². The molecule has 0 radical (unpaired) electrons. The molecule has 1 aliphatic rings. The number of ether oxygens (including phenoxy) is 2. The van der Waals surface area contributed by atoms with Gasteiger partial charge in [0.05, 0.1) is 4.83 Å². The molecule has 1 aromatic rings. The van der Waals surface area contributed by atoms with Crippen molar-refractivity contribution < 1.29 is 14.3 Å². The van der Waals surface area contributed by atoms with Gasteiger partial charge in [0, 0.05) is 6.54 Å². The molecule has 0 spiro atoms. The first-order valence-electron chi connectivity index (χ1n) is 6.51. The lowest BCUT2D eigenvalue weighted by molar-refractivity contribution is -0.120. The fourth-order valence-corrected chi connectivity index (χ4v) is 2.03. The van der Waals surface area contributed by atoms with Crippen molar-refractivity contribution in [2.24, 2.45) is 0 Å². The molecule has 4 nitrogen and oxygen atoms in total. The van der Waals surface area contributed by atoms with Crippen LogP contribution in [0.3, 0.4) is 0 Å². The number of halogens is 1. The number of carbonyl (C=O) groups excluding carboxylic acids is 1. The number of nitrogens with one attached hydrogen (secondary N) is 1. The van der Waals surface area contributed by atoms with Crippen molar-refractivity contribution in [2.75, 3.05) is 19.8 Å². The van der Waals surface area contributed by atoms with Gasteiger partial charge >= 0.3 is 0 Å². The second-order valence-corrected chi connectivity index (χ2v) is 5.50. The molecule has 104 valence electrons. The van der Waals surface area contributed by atoms with Crippen LogP contribution in [0.1, 0.15) is 18.9 Å². The lowest BCUT2D eigenvalue weighted by Gasteiger charge is -2.19. The smallest absolute Gasteiger partial charge is 0.233 e. The van der Waals surface area contributed by atoms with Gasteiger partial charge in [-0.25, -0.2) is 0 Å². The fraction of sp³-hybridized carbons (Fsp3) is 0.500. The molecule has 1 heterocycles. The third-order valence-electron chi connectivity index (χ3n) is 2.96. The molecule has 1 atom stereocenters. The molecule has 0 saturated heterocycles. The maximum Gasteiger partial charge on any atom is 0.233 e. The van der Waals surface area contributed by atoms with Gasteiger partial charge < -0.3 is 14.8 Å². The zero-order chi connectivity index (χ0) is 13.7. The van der Waals surface area contributed by atoms with E-state index in [9.17, 15) is 4.79 Å². The summed E-state index contributed by atoms with van der Waals surface area (Å²) in [5, 5.41) is 2.90. The Morgan fingerprint density at radius 3 is 2.84 bits per heavy atom. The van der Waals surface area contributed by atoms with Crippen molar-refractivity contribution in [3.63, 3.8) is 0 Å². The van der Waals surface area contributed by atoms with Crippen molar-refractivity contribution in [3.05, 3.63) is 23.8 Å². The molecule has 0 fully saturated rings. The Labute approximate surface area is 121 Å². The van der Waals surface area contributed by atoms with Gasteiger partial charge in [-0.2, -0.15) is 0 Å². The molecule has 2 rings (SSSR count). The van der Waals surface area contributed by atoms with Crippen molar-refractivity contribution in [1.82, 2.24) is 5.32 Å². The second kappa shape index (κ2) is 6.80. The molecule has 5 heteroatoms. The standard InChI is InChI=1S/C14H18BrNO3/c1-2-11(15)14(17)16-6-5-10-3-4-12-13(9-10)19-8-7-18-12/h3-4,9,11H,2,5-8H2,1H3,(H,16,17). The highest BCUT2D eigenvalue weighted by molar-refractivity contribution is 9.10. The number of benzene rings is 1. The molecule has 19 heavy (non-hydrogen) atoms. The summed E-state index contributed by atoms with van der Waals surface area (Å²) in [6.07, 6.45) is 1.57. The van der Waals surface area contributed by atoms with E-state index in [1.807, 2.05) is 25.1 Å². The van der Waals surface area contributed by atoms with Crippen LogP contribution in [0.15, 0.2) is 18.2 Å². The number of carbonyl (C=O) groups is 1. The number of rotatable bonds is 5. The van der Waals surface area contributed by atoms with Gasteiger partial charge in [-0.3, -0.25) is 4.79 Å². The Morgan fingerprint density at radius 2 is 2.11 bits per heavy atom. The summed E-state index contributed by atoms with van der Waals surface area (Å²) < 4.78 is 11.0. The van der Waals surface area contributed by atoms with E-state index in [4.69, 9.17) is 9.47 Å².